The lowest BCUT2D eigenvalue weighted by Crippen LogP contribution is -2.60. The smallest absolute Gasteiger partial charge is 0.144 e. The molecule has 1 aromatic carbocycles. The fourth-order valence-electron chi connectivity index (χ4n) is 2.80. The molecule has 0 spiro atoms. The van der Waals surface area contributed by atoms with Crippen LogP contribution < -0.4 is 10.2 Å². The Morgan fingerprint density at radius 3 is 2.83 bits per heavy atom. The maximum Gasteiger partial charge on any atom is 0.144 e. The van der Waals surface area contributed by atoms with Gasteiger partial charge in [-0.3, -0.25) is 0 Å². The first-order valence-electron chi connectivity index (χ1n) is 7.72. The summed E-state index contributed by atoms with van der Waals surface area (Å²) in [5, 5.41) is 13.7. The van der Waals surface area contributed by atoms with Crippen molar-refractivity contribution in [2.75, 3.05) is 31.2 Å². The van der Waals surface area contributed by atoms with Crippen LogP contribution in [0.25, 0.3) is 0 Å². The van der Waals surface area contributed by atoms with Crippen molar-refractivity contribution < 1.29 is 9.84 Å². The number of benzene rings is 1. The van der Waals surface area contributed by atoms with E-state index in [9.17, 15) is 5.11 Å². The monoisotopic (exact) mass is 336 g/mol. The molecule has 0 radical (unpaired) electrons. The van der Waals surface area contributed by atoms with Crippen molar-refractivity contribution in [3.63, 3.8) is 0 Å². The first-order chi connectivity index (χ1) is 11.3. The number of imidazole rings is 1. The molecule has 1 aromatic heterocycles. The van der Waals surface area contributed by atoms with E-state index < -0.39 is 0 Å². The fraction of sp³-hybridized carbons (Fsp3) is 0.438. The van der Waals surface area contributed by atoms with Crippen molar-refractivity contribution in [2.45, 2.75) is 18.7 Å². The average Bonchev–Trinajstić information content (AvgIpc) is 3.10. The number of rotatable bonds is 6. The second-order valence-electron chi connectivity index (χ2n) is 5.54. The summed E-state index contributed by atoms with van der Waals surface area (Å²) in [6.07, 6.45) is 4.06. The van der Waals surface area contributed by atoms with E-state index in [1.165, 1.54) is 5.56 Å². The van der Waals surface area contributed by atoms with Gasteiger partial charge in [0.15, 0.2) is 0 Å². The first kappa shape index (κ1) is 16.3. The normalized spacial score (nSPS) is 21.6. The highest BCUT2D eigenvalue weighted by atomic mass is 35.5. The summed E-state index contributed by atoms with van der Waals surface area (Å²) in [5.41, 5.74) is 1.19. The lowest BCUT2D eigenvalue weighted by molar-refractivity contribution is 0.0291. The summed E-state index contributed by atoms with van der Waals surface area (Å²) in [6, 6.07) is 7.75. The number of nitrogens with one attached hydrogen (secondary N) is 2. The van der Waals surface area contributed by atoms with Crippen LogP contribution in [0.5, 0.6) is 0 Å². The zero-order valence-electron chi connectivity index (χ0n) is 12.8. The Kier molecular flexibility index (Phi) is 5.51. The van der Waals surface area contributed by atoms with Crippen molar-refractivity contribution in [3.05, 3.63) is 47.4 Å². The number of halogens is 1. The fourth-order valence-corrected chi connectivity index (χ4v) is 2.93. The Hall–Kier alpha value is -1.60. The first-order valence-corrected chi connectivity index (χ1v) is 8.10. The van der Waals surface area contributed by atoms with Gasteiger partial charge < -0.3 is 25.0 Å². The third kappa shape index (κ3) is 4.03. The molecule has 1 aliphatic rings. The van der Waals surface area contributed by atoms with Crippen molar-refractivity contribution in [3.8, 4) is 0 Å². The Morgan fingerprint density at radius 1 is 1.30 bits per heavy atom. The Balaban J connectivity index is 1.61. The number of anilines is 1. The number of aromatic nitrogens is 2. The van der Waals surface area contributed by atoms with E-state index in [4.69, 9.17) is 16.3 Å². The van der Waals surface area contributed by atoms with E-state index in [-0.39, 0.29) is 18.9 Å². The Labute approximate surface area is 140 Å². The number of hydrogen-bond donors (Lipinski definition) is 3. The number of ether oxygens (including phenoxy) is 1. The molecule has 6 nitrogen and oxygen atoms in total. The molecule has 7 heteroatoms. The molecule has 0 bridgehead atoms. The van der Waals surface area contributed by atoms with Crippen molar-refractivity contribution in [1.29, 1.82) is 0 Å². The number of piperazine rings is 1. The Morgan fingerprint density at radius 2 is 2.13 bits per heavy atom. The third-order valence-corrected chi connectivity index (χ3v) is 4.24. The van der Waals surface area contributed by atoms with Crippen molar-refractivity contribution in [2.24, 2.45) is 0 Å². The second-order valence-corrected chi connectivity index (χ2v) is 5.98. The van der Waals surface area contributed by atoms with E-state index in [0.29, 0.717) is 19.7 Å². The summed E-state index contributed by atoms with van der Waals surface area (Å²) in [4.78, 5) is 9.23. The zero-order valence-corrected chi connectivity index (χ0v) is 13.5. The van der Waals surface area contributed by atoms with Crippen LogP contribution in [-0.4, -0.2) is 53.6 Å². The molecule has 0 saturated carbocycles. The number of nitrogens with zero attached hydrogens (tertiary/aromatic N) is 2. The van der Waals surface area contributed by atoms with E-state index in [0.717, 1.165) is 17.3 Å². The number of aromatic amines is 1. The lowest BCUT2D eigenvalue weighted by atomic mass is 10.1. The Bertz CT molecular complexity index is 591. The third-order valence-electron chi connectivity index (χ3n) is 3.99. The molecule has 3 rings (SSSR count). The number of hydrogen-bond acceptors (Lipinski definition) is 5. The number of H-pyrrole nitrogens is 1. The van der Waals surface area contributed by atoms with Gasteiger partial charge in [-0.15, -0.1) is 0 Å². The molecule has 0 aliphatic carbocycles. The quantitative estimate of drug-likeness (QED) is 0.744. The van der Waals surface area contributed by atoms with E-state index in [1.807, 2.05) is 24.3 Å². The van der Waals surface area contributed by atoms with Gasteiger partial charge in [0.05, 0.1) is 31.8 Å². The lowest BCUT2D eigenvalue weighted by Gasteiger charge is -2.42. The van der Waals surface area contributed by atoms with Gasteiger partial charge in [-0.25, -0.2) is 4.98 Å². The topological polar surface area (TPSA) is 73.4 Å². The molecule has 1 fully saturated rings. The molecule has 1 saturated heterocycles. The molecule has 3 N–H and O–H groups in total. The SMILES string of the molecule is OCC1CNCC(OCCc2ccc(Cl)cc2)N1c1cnc[nH]1. The van der Waals surface area contributed by atoms with Crippen LogP contribution in [-0.2, 0) is 11.2 Å². The van der Waals surface area contributed by atoms with Gasteiger partial charge in [-0.1, -0.05) is 23.7 Å². The highest BCUT2D eigenvalue weighted by Crippen LogP contribution is 2.20. The van der Waals surface area contributed by atoms with Crippen LogP contribution in [0.2, 0.25) is 5.02 Å². The van der Waals surface area contributed by atoms with Crippen molar-refractivity contribution in [1.82, 2.24) is 15.3 Å². The minimum absolute atomic E-state index is 0.0373. The molecule has 23 heavy (non-hydrogen) atoms. The summed E-state index contributed by atoms with van der Waals surface area (Å²) >= 11 is 5.90. The van der Waals surface area contributed by atoms with Crippen LogP contribution >= 0.6 is 11.6 Å². The molecule has 2 atom stereocenters. The van der Waals surface area contributed by atoms with E-state index in [2.05, 4.69) is 20.2 Å². The molecule has 124 valence electrons. The van der Waals surface area contributed by atoms with Gasteiger partial charge >= 0.3 is 0 Å². The van der Waals surface area contributed by atoms with Gasteiger partial charge in [-0.2, -0.15) is 0 Å². The van der Waals surface area contributed by atoms with E-state index in [1.54, 1.807) is 12.5 Å². The molecule has 2 heterocycles. The van der Waals surface area contributed by atoms with Crippen LogP contribution in [0, 0.1) is 0 Å². The number of aliphatic hydroxyl groups excluding tert-OH is 1. The predicted molar refractivity (Wildman–Crippen MR) is 89.7 cm³/mol. The predicted octanol–water partition coefficient (Wildman–Crippen LogP) is 1.42. The maximum absolute atomic E-state index is 9.62. The molecular formula is C16H21ClN4O2. The minimum atomic E-state index is -0.145. The summed E-state index contributed by atoms with van der Waals surface area (Å²) in [6.45, 7) is 2.07. The van der Waals surface area contributed by atoms with Gasteiger partial charge in [0.1, 0.15) is 12.0 Å². The van der Waals surface area contributed by atoms with Gasteiger partial charge in [0.2, 0.25) is 0 Å². The van der Waals surface area contributed by atoms with Gasteiger partial charge in [-0.05, 0) is 24.1 Å². The molecule has 2 aromatic rings. The van der Waals surface area contributed by atoms with Crippen molar-refractivity contribution >= 4 is 17.4 Å². The summed E-state index contributed by atoms with van der Waals surface area (Å²) in [5.74, 6) is 0.863. The van der Waals surface area contributed by atoms with Crippen LogP contribution in [0.1, 0.15) is 5.56 Å². The summed E-state index contributed by atoms with van der Waals surface area (Å²) in [7, 11) is 0. The molecule has 2 unspecified atom stereocenters. The number of aliphatic hydroxyl groups is 1. The molecule has 1 aliphatic heterocycles. The maximum atomic E-state index is 9.62. The molecule has 0 amide bonds. The largest absolute Gasteiger partial charge is 0.394 e. The second kappa shape index (κ2) is 7.79. The highest BCUT2D eigenvalue weighted by molar-refractivity contribution is 6.30. The van der Waals surface area contributed by atoms with Gasteiger partial charge in [0.25, 0.3) is 0 Å². The highest BCUT2D eigenvalue weighted by Gasteiger charge is 2.31. The minimum Gasteiger partial charge on any atom is -0.394 e. The zero-order chi connectivity index (χ0) is 16.1. The standard InChI is InChI=1S/C16H21ClN4O2/c17-13-3-1-12(2-4-13)5-6-23-16-9-18-7-14(10-22)21(16)15-8-19-11-20-15/h1-4,8,11,14,16,18,22H,5-7,9-10H2,(H,19,20). The van der Waals surface area contributed by atoms with Crippen LogP contribution in [0.4, 0.5) is 5.82 Å². The summed E-state index contributed by atoms with van der Waals surface area (Å²) < 4.78 is 6.06. The van der Waals surface area contributed by atoms with Crippen LogP contribution in [0.3, 0.4) is 0 Å². The van der Waals surface area contributed by atoms with Gasteiger partial charge in [0, 0.05) is 18.1 Å². The average molecular weight is 337 g/mol. The van der Waals surface area contributed by atoms with E-state index >= 15 is 0 Å². The van der Waals surface area contributed by atoms with Crippen LogP contribution in [0.15, 0.2) is 36.8 Å². The molecular weight excluding hydrogens is 316 g/mol.